The van der Waals surface area contributed by atoms with Crippen LogP contribution in [0.5, 0.6) is 0 Å². The van der Waals surface area contributed by atoms with E-state index in [0.29, 0.717) is 17.8 Å². The molecule has 0 aliphatic heterocycles. The van der Waals surface area contributed by atoms with Crippen molar-refractivity contribution in [2.75, 3.05) is 6.61 Å². The Kier molecular flexibility index (Phi) is 8.00. The van der Waals surface area contributed by atoms with Crippen molar-refractivity contribution < 1.29 is 28.6 Å². The van der Waals surface area contributed by atoms with Crippen molar-refractivity contribution in [3.63, 3.8) is 0 Å². The Labute approximate surface area is 170 Å². The van der Waals surface area contributed by atoms with Crippen molar-refractivity contribution in [2.24, 2.45) is 0 Å². The van der Waals surface area contributed by atoms with Gasteiger partial charge in [0.1, 0.15) is 18.9 Å². The second-order valence-corrected chi connectivity index (χ2v) is 6.96. The summed E-state index contributed by atoms with van der Waals surface area (Å²) in [5, 5.41) is 0. The molecule has 1 heterocycles. The number of hydrogen-bond donors (Lipinski definition) is 1. The molecule has 7 nitrogen and oxygen atoms in total. The van der Waals surface area contributed by atoms with Gasteiger partial charge < -0.3 is 19.2 Å². The molecule has 7 heteroatoms. The van der Waals surface area contributed by atoms with Crippen LogP contribution in [-0.2, 0) is 43.4 Å². The van der Waals surface area contributed by atoms with Crippen molar-refractivity contribution in [3.05, 3.63) is 58.4 Å². The van der Waals surface area contributed by atoms with Gasteiger partial charge in [0, 0.05) is 20.3 Å². The average Bonchev–Trinajstić information content (AvgIpc) is 3.04. The zero-order valence-corrected chi connectivity index (χ0v) is 17.2. The Bertz CT molecular complexity index is 854. The van der Waals surface area contributed by atoms with Gasteiger partial charge in [0.25, 0.3) is 0 Å². The highest BCUT2D eigenvalue weighted by molar-refractivity contribution is 5.90. The zero-order valence-electron chi connectivity index (χ0n) is 17.2. The summed E-state index contributed by atoms with van der Waals surface area (Å²) in [6, 6.07) is 9.40. The Morgan fingerprint density at radius 1 is 0.931 bits per heavy atom. The minimum absolute atomic E-state index is 0.00355. The van der Waals surface area contributed by atoms with E-state index in [9.17, 15) is 14.4 Å². The fourth-order valence-corrected chi connectivity index (χ4v) is 3.08. The number of H-pyrrole nitrogens is 1. The van der Waals surface area contributed by atoms with E-state index in [2.05, 4.69) is 4.98 Å². The minimum atomic E-state index is -0.486. The number of nitrogens with one attached hydrogen (secondary N) is 1. The number of aromatic nitrogens is 1. The van der Waals surface area contributed by atoms with E-state index in [-0.39, 0.29) is 31.7 Å². The van der Waals surface area contributed by atoms with Gasteiger partial charge in [-0.3, -0.25) is 9.59 Å². The van der Waals surface area contributed by atoms with Gasteiger partial charge in [-0.1, -0.05) is 44.2 Å². The molecule has 2 rings (SSSR count). The molecule has 0 fully saturated rings. The van der Waals surface area contributed by atoms with Gasteiger partial charge in [-0.15, -0.1) is 0 Å². The second-order valence-electron chi connectivity index (χ2n) is 6.96. The van der Waals surface area contributed by atoms with Crippen LogP contribution in [-0.4, -0.2) is 29.5 Å². The van der Waals surface area contributed by atoms with E-state index in [4.69, 9.17) is 14.2 Å². The van der Waals surface area contributed by atoms with Gasteiger partial charge in [0.05, 0.1) is 12.3 Å². The van der Waals surface area contributed by atoms with E-state index in [0.717, 1.165) is 16.7 Å². The first kappa shape index (κ1) is 22.2. The number of rotatable bonds is 9. The highest BCUT2D eigenvalue weighted by Gasteiger charge is 2.25. The van der Waals surface area contributed by atoms with Gasteiger partial charge in [0.15, 0.2) is 0 Å². The summed E-state index contributed by atoms with van der Waals surface area (Å²) in [6.45, 7) is 6.89. The summed E-state index contributed by atoms with van der Waals surface area (Å²) in [6.07, 6.45) is 0.395. The summed E-state index contributed by atoms with van der Waals surface area (Å²) in [7, 11) is 0. The molecule has 0 saturated heterocycles. The molecule has 0 unspecified atom stereocenters. The third-order valence-corrected chi connectivity index (χ3v) is 4.31. The van der Waals surface area contributed by atoms with Crippen LogP contribution in [0.1, 0.15) is 66.5 Å². The molecular weight excluding hydrogens is 374 g/mol. The highest BCUT2D eigenvalue weighted by atomic mass is 16.5. The molecule has 0 atom stereocenters. The zero-order chi connectivity index (χ0) is 21.4. The first-order valence-electron chi connectivity index (χ1n) is 9.51. The van der Waals surface area contributed by atoms with Crippen LogP contribution in [0, 0.1) is 0 Å². The lowest BCUT2D eigenvalue weighted by Gasteiger charge is -2.12. The van der Waals surface area contributed by atoms with Gasteiger partial charge in [-0.05, 0) is 22.6 Å². The maximum atomic E-state index is 12.8. The van der Waals surface area contributed by atoms with Crippen LogP contribution in [0.25, 0.3) is 0 Å². The van der Waals surface area contributed by atoms with Gasteiger partial charge in [-0.2, -0.15) is 0 Å². The predicted molar refractivity (Wildman–Crippen MR) is 106 cm³/mol. The molecular formula is C22H27NO6. The van der Waals surface area contributed by atoms with Crippen molar-refractivity contribution >= 4 is 17.9 Å². The maximum absolute atomic E-state index is 12.8. The minimum Gasteiger partial charge on any atom is -0.466 e. The van der Waals surface area contributed by atoms with Crippen LogP contribution < -0.4 is 0 Å². The number of benzene rings is 1. The molecule has 0 saturated carbocycles. The fourth-order valence-electron chi connectivity index (χ4n) is 3.08. The van der Waals surface area contributed by atoms with Crippen molar-refractivity contribution in [1.82, 2.24) is 4.98 Å². The van der Waals surface area contributed by atoms with E-state index >= 15 is 0 Å². The molecule has 0 spiro atoms. The first-order chi connectivity index (χ1) is 13.8. The van der Waals surface area contributed by atoms with E-state index in [1.165, 1.54) is 13.8 Å². The molecule has 1 N–H and O–H groups in total. The summed E-state index contributed by atoms with van der Waals surface area (Å²) in [5.74, 6) is -1.29. The monoisotopic (exact) mass is 401 g/mol. The first-order valence-corrected chi connectivity index (χ1v) is 9.51. The fraction of sp³-hybridized carbons (Fsp3) is 0.409. The number of hydrogen-bond acceptors (Lipinski definition) is 6. The Balaban J connectivity index is 2.29. The quantitative estimate of drug-likeness (QED) is 0.509. The van der Waals surface area contributed by atoms with Crippen molar-refractivity contribution in [3.8, 4) is 0 Å². The molecule has 0 bridgehead atoms. The van der Waals surface area contributed by atoms with Crippen molar-refractivity contribution in [2.45, 2.75) is 53.2 Å². The van der Waals surface area contributed by atoms with Gasteiger partial charge in [0.2, 0.25) is 0 Å². The molecule has 156 valence electrons. The number of esters is 3. The largest absolute Gasteiger partial charge is 0.466 e. The topological polar surface area (TPSA) is 94.7 Å². The molecule has 1 aromatic carbocycles. The highest BCUT2D eigenvalue weighted by Crippen LogP contribution is 2.29. The van der Waals surface area contributed by atoms with E-state index < -0.39 is 11.9 Å². The SMILES string of the molecule is CC(=O)OCCc1c(COC(C)=O)[nH]c(C(=O)OCc2ccccc2)c1C(C)C. The van der Waals surface area contributed by atoms with E-state index in [1.807, 2.05) is 44.2 Å². The summed E-state index contributed by atoms with van der Waals surface area (Å²) in [5.41, 5.74) is 3.39. The lowest BCUT2D eigenvalue weighted by molar-refractivity contribution is -0.142. The number of aromatic amines is 1. The van der Waals surface area contributed by atoms with Crippen LogP contribution in [0.4, 0.5) is 0 Å². The lowest BCUT2D eigenvalue weighted by Crippen LogP contribution is -2.10. The van der Waals surface area contributed by atoms with Gasteiger partial charge in [-0.25, -0.2) is 4.79 Å². The average molecular weight is 401 g/mol. The number of carbonyl (C=O) groups excluding carboxylic acids is 3. The summed E-state index contributed by atoms with van der Waals surface area (Å²) >= 11 is 0. The van der Waals surface area contributed by atoms with Crippen LogP contribution in [0.3, 0.4) is 0 Å². The third kappa shape index (κ3) is 6.48. The summed E-state index contributed by atoms with van der Waals surface area (Å²) in [4.78, 5) is 38.2. The summed E-state index contributed by atoms with van der Waals surface area (Å²) < 4.78 is 15.7. The van der Waals surface area contributed by atoms with Gasteiger partial charge >= 0.3 is 17.9 Å². The Hall–Kier alpha value is -3.09. The Morgan fingerprint density at radius 3 is 2.17 bits per heavy atom. The molecule has 2 aromatic rings. The molecule has 0 amide bonds. The predicted octanol–water partition coefficient (Wildman–Crippen LogP) is 3.66. The molecule has 29 heavy (non-hydrogen) atoms. The van der Waals surface area contributed by atoms with Crippen LogP contribution >= 0.6 is 0 Å². The van der Waals surface area contributed by atoms with Crippen LogP contribution in [0.2, 0.25) is 0 Å². The number of ether oxygens (including phenoxy) is 3. The standard InChI is InChI=1S/C22H27NO6/c1-14(2)20-18(10-11-27-15(3)24)19(13-28-16(4)25)23-21(20)22(26)29-12-17-8-6-5-7-9-17/h5-9,14,23H,10-13H2,1-4H3. The van der Waals surface area contributed by atoms with E-state index in [1.54, 1.807) is 0 Å². The number of carbonyl (C=O) groups is 3. The van der Waals surface area contributed by atoms with Crippen LogP contribution in [0.15, 0.2) is 30.3 Å². The Morgan fingerprint density at radius 2 is 1.59 bits per heavy atom. The third-order valence-electron chi connectivity index (χ3n) is 4.31. The maximum Gasteiger partial charge on any atom is 0.355 e. The molecule has 1 aromatic heterocycles. The van der Waals surface area contributed by atoms with Crippen molar-refractivity contribution in [1.29, 1.82) is 0 Å². The smallest absolute Gasteiger partial charge is 0.355 e. The lowest BCUT2D eigenvalue weighted by atomic mass is 9.95. The second kappa shape index (κ2) is 10.5. The molecule has 0 aliphatic carbocycles. The normalized spacial score (nSPS) is 10.7. The molecule has 0 radical (unpaired) electrons. The molecule has 0 aliphatic rings.